The van der Waals surface area contributed by atoms with Gasteiger partial charge in [-0.15, -0.1) is 0 Å². The first-order chi connectivity index (χ1) is 8.79. The van der Waals surface area contributed by atoms with E-state index in [0.29, 0.717) is 14.6 Å². The molecule has 1 rings (SSSR count). The molecule has 0 saturated carbocycles. The number of hydrogen-bond acceptors (Lipinski definition) is 5. The zero-order chi connectivity index (χ0) is 14.6. The molecule has 98 valence electrons. The number of benzene rings is 1. The van der Waals surface area contributed by atoms with Crippen molar-refractivity contribution >= 4 is 47.6 Å². The number of nitrogens with one attached hydrogen (secondary N) is 1. The minimum absolute atomic E-state index is 0.0680. The van der Waals surface area contributed by atoms with Gasteiger partial charge in [0.05, 0.1) is 10.6 Å². The number of anilines is 1. The molecule has 0 bridgehead atoms. The smallest absolute Gasteiger partial charge is 0.238 e. The summed E-state index contributed by atoms with van der Waals surface area (Å²) >= 11 is 6.35. The van der Waals surface area contributed by atoms with Crippen molar-refractivity contribution in [1.29, 1.82) is 10.5 Å². The Kier molecular flexibility index (Phi) is 5.09. The molecule has 0 saturated heterocycles. The molecule has 19 heavy (non-hydrogen) atoms. The van der Waals surface area contributed by atoms with Crippen molar-refractivity contribution in [3.8, 4) is 12.1 Å². The van der Waals surface area contributed by atoms with Crippen molar-refractivity contribution in [1.82, 2.24) is 0 Å². The van der Waals surface area contributed by atoms with Crippen molar-refractivity contribution in [3.63, 3.8) is 0 Å². The van der Waals surface area contributed by atoms with Crippen molar-refractivity contribution in [2.45, 2.75) is 4.90 Å². The third-order valence-corrected chi connectivity index (χ3v) is 4.09. The van der Waals surface area contributed by atoms with Crippen LogP contribution in [0.25, 0.3) is 0 Å². The van der Waals surface area contributed by atoms with Crippen LogP contribution < -0.4 is 10.5 Å². The lowest BCUT2D eigenvalue weighted by Crippen LogP contribution is -2.12. The van der Waals surface area contributed by atoms with Gasteiger partial charge in [-0.3, -0.25) is 0 Å². The fraction of sp³-hybridized carbons (Fsp3) is 0. The normalized spacial score (nSPS) is 10.2. The SMILES string of the molecule is N#CC(C#N)=CNc1c(Br)cc(S(N)(=O)=O)cc1Br. The molecular weight excluding hydrogens is 400 g/mol. The number of hydrogen-bond donors (Lipinski definition) is 2. The summed E-state index contributed by atoms with van der Waals surface area (Å²) in [4.78, 5) is -0.0680. The lowest BCUT2D eigenvalue weighted by molar-refractivity contribution is 0.597. The van der Waals surface area contributed by atoms with Gasteiger partial charge in [-0.2, -0.15) is 10.5 Å². The highest BCUT2D eigenvalue weighted by Gasteiger charge is 2.13. The van der Waals surface area contributed by atoms with Crippen LogP contribution in [0.5, 0.6) is 0 Å². The van der Waals surface area contributed by atoms with Gasteiger partial charge in [0.2, 0.25) is 10.0 Å². The first-order valence-corrected chi connectivity index (χ1v) is 7.71. The molecule has 3 N–H and O–H groups in total. The summed E-state index contributed by atoms with van der Waals surface area (Å²) in [5.41, 5.74) is 0.352. The van der Waals surface area contributed by atoms with E-state index in [1.165, 1.54) is 18.3 Å². The van der Waals surface area contributed by atoms with E-state index in [1.54, 1.807) is 12.1 Å². The second-order valence-electron chi connectivity index (χ2n) is 3.23. The van der Waals surface area contributed by atoms with Gasteiger partial charge < -0.3 is 5.32 Å². The fourth-order valence-corrected chi connectivity index (χ4v) is 3.37. The number of nitrogens with zero attached hydrogens (tertiary/aromatic N) is 2. The summed E-state index contributed by atoms with van der Waals surface area (Å²) in [6, 6.07) is 6.00. The van der Waals surface area contributed by atoms with E-state index in [-0.39, 0.29) is 10.5 Å². The standard InChI is InChI=1S/C10H6Br2N4O2S/c11-8-1-7(19(15,17)18)2-9(12)10(8)16-5-6(3-13)4-14/h1-2,5,16H,(H2,15,17,18). The van der Waals surface area contributed by atoms with E-state index in [4.69, 9.17) is 15.7 Å². The summed E-state index contributed by atoms with van der Waals surface area (Å²) in [5, 5.41) is 24.9. The molecule has 6 nitrogen and oxygen atoms in total. The molecule has 1 aromatic carbocycles. The largest absolute Gasteiger partial charge is 0.358 e. The molecule has 0 aliphatic heterocycles. The summed E-state index contributed by atoms with van der Waals surface area (Å²) in [6.45, 7) is 0. The Hall–Kier alpha value is -1.39. The highest BCUT2D eigenvalue weighted by atomic mass is 79.9. The molecule has 0 aliphatic rings. The zero-order valence-corrected chi connectivity index (χ0v) is 13.2. The molecule has 0 amide bonds. The highest BCUT2D eigenvalue weighted by Crippen LogP contribution is 2.33. The van der Waals surface area contributed by atoms with Crippen LogP contribution in [0, 0.1) is 22.7 Å². The second kappa shape index (κ2) is 6.17. The lowest BCUT2D eigenvalue weighted by atomic mass is 10.3. The number of nitriles is 2. The molecule has 0 unspecified atom stereocenters. The maximum absolute atomic E-state index is 11.2. The van der Waals surface area contributed by atoms with E-state index in [0.717, 1.165) is 0 Å². The molecule has 9 heteroatoms. The predicted molar refractivity (Wildman–Crippen MR) is 76.1 cm³/mol. The summed E-state index contributed by atoms with van der Waals surface area (Å²) in [7, 11) is -3.81. The fourth-order valence-electron chi connectivity index (χ4n) is 1.09. The van der Waals surface area contributed by atoms with Crippen LogP contribution in [0.1, 0.15) is 0 Å². The molecule has 0 aliphatic carbocycles. The van der Waals surface area contributed by atoms with Gasteiger partial charge in [0.1, 0.15) is 17.7 Å². The molecule has 0 heterocycles. The average molecular weight is 406 g/mol. The van der Waals surface area contributed by atoms with Crippen LogP contribution in [-0.2, 0) is 10.0 Å². The Morgan fingerprint density at radius 3 is 2.11 bits per heavy atom. The van der Waals surface area contributed by atoms with Gasteiger partial charge in [-0.25, -0.2) is 13.6 Å². The first kappa shape index (κ1) is 15.7. The minimum Gasteiger partial charge on any atom is -0.358 e. The summed E-state index contributed by atoms with van der Waals surface area (Å²) < 4.78 is 23.3. The molecule has 0 atom stereocenters. The van der Waals surface area contributed by atoms with Crippen LogP contribution >= 0.6 is 31.9 Å². The van der Waals surface area contributed by atoms with Gasteiger partial charge >= 0.3 is 0 Å². The summed E-state index contributed by atoms with van der Waals surface area (Å²) in [6.07, 6.45) is 1.21. The zero-order valence-electron chi connectivity index (χ0n) is 9.18. The van der Waals surface area contributed by atoms with Gasteiger partial charge in [-0.1, -0.05) is 0 Å². The molecular formula is C10H6Br2N4O2S. The van der Waals surface area contributed by atoms with Crippen LogP contribution in [0.2, 0.25) is 0 Å². The Morgan fingerprint density at radius 2 is 1.74 bits per heavy atom. The molecule has 0 fully saturated rings. The first-order valence-electron chi connectivity index (χ1n) is 4.58. The molecule has 1 aromatic rings. The summed E-state index contributed by atoms with van der Waals surface area (Å²) in [5.74, 6) is 0. The monoisotopic (exact) mass is 404 g/mol. The van der Waals surface area contributed by atoms with Gasteiger partial charge in [0, 0.05) is 15.1 Å². The number of sulfonamides is 1. The predicted octanol–water partition coefficient (Wildman–Crippen LogP) is 2.20. The average Bonchev–Trinajstić information content (AvgIpc) is 2.31. The van der Waals surface area contributed by atoms with Crippen molar-refractivity contribution in [2.75, 3.05) is 5.32 Å². The highest BCUT2D eigenvalue weighted by molar-refractivity contribution is 9.11. The van der Waals surface area contributed by atoms with Crippen molar-refractivity contribution in [2.24, 2.45) is 5.14 Å². The Bertz CT molecular complexity index is 690. The van der Waals surface area contributed by atoms with Gasteiger partial charge in [0.15, 0.2) is 0 Å². The van der Waals surface area contributed by atoms with Crippen LogP contribution in [0.4, 0.5) is 5.69 Å². The maximum atomic E-state index is 11.2. The Balaban J connectivity index is 3.24. The van der Waals surface area contributed by atoms with Crippen LogP contribution in [0.15, 0.2) is 37.7 Å². The van der Waals surface area contributed by atoms with Gasteiger partial charge in [0.25, 0.3) is 0 Å². The Morgan fingerprint density at radius 1 is 1.26 bits per heavy atom. The van der Waals surface area contributed by atoms with Gasteiger partial charge in [-0.05, 0) is 44.0 Å². The van der Waals surface area contributed by atoms with Crippen molar-refractivity contribution < 1.29 is 8.42 Å². The maximum Gasteiger partial charge on any atom is 0.238 e. The lowest BCUT2D eigenvalue weighted by Gasteiger charge is -2.09. The molecule has 0 spiro atoms. The number of allylic oxidation sites excluding steroid dienone is 1. The second-order valence-corrected chi connectivity index (χ2v) is 6.50. The van der Waals surface area contributed by atoms with Crippen LogP contribution in [0.3, 0.4) is 0 Å². The molecule has 0 aromatic heterocycles. The quantitative estimate of drug-likeness (QED) is 0.746. The number of rotatable bonds is 3. The van der Waals surface area contributed by atoms with E-state index in [1.807, 2.05) is 0 Å². The number of nitrogens with two attached hydrogens (primary N) is 1. The van der Waals surface area contributed by atoms with E-state index in [9.17, 15) is 8.42 Å². The Labute approximate surface area is 126 Å². The number of halogens is 2. The van der Waals surface area contributed by atoms with Crippen LogP contribution in [-0.4, -0.2) is 8.42 Å². The van der Waals surface area contributed by atoms with E-state index < -0.39 is 10.0 Å². The number of primary sulfonamides is 1. The van der Waals surface area contributed by atoms with E-state index >= 15 is 0 Å². The third kappa shape index (κ3) is 4.04. The van der Waals surface area contributed by atoms with E-state index in [2.05, 4.69) is 37.2 Å². The third-order valence-electron chi connectivity index (χ3n) is 1.95. The minimum atomic E-state index is -3.81. The topological polar surface area (TPSA) is 120 Å². The van der Waals surface area contributed by atoms with Crippen molar-refractivity contribution in [3.05, 3.63) is 32.9 Å². The molecule has 0 radical (unpaired) electrons.